The van der Waals surface area contributed by atoms with E-state index < -0.39 is 0 Å². The molecule has 59 heavy (non-hydrogen) atoms. The van der Waals surface area contributed by atoms with Gasteiger partial charge in [0.2, 0.25) is 0 Å². The van der Waals surface area contributed by atoms with Crippen molar-refractivity contribution in [3.05, 3.63) is 193 Å². The average Bonchev–Trinajstić information content (AvgIpc) is 3.92. The van der Waals surface area contributed by atoms with E-state index in [1.165, 1.54) is 76.8 Å². The largest absolute Gasteiger partial charge is 0.456 e. The smallest absolute Gasteiger partial charge is 0.136 e. The first kappa shape index (κ1) is 32.6. The molecule has 0 atom stereocenters. The minimum absolute atomic E-state index is 0.0307. The van der Waals surface area contributed by atoms with Crippen LogP contribution in [0.5, 0.6) is 0 Å². The monoisotopic (exact) mass is 752 g/mol. The fourth-order valence-corrected chi connectivity index (χ4v) is 10.6. The summed E-state index contributed by atoms with van der Waals surface area (Å²) in [6, 6.07) is 66.5. The molecule has 0 N–H and O–H groups in total. The van der Waals surface area contributed by atoms with Gasteiger partial charge in [0, 0.05) is 27.0 Å². The average molecular weight is 753 g/mol. The lowest BCUT2D eigenvalue weighted by Gasteiger charge is -2.22. The Morgan fingerprint density at radius 3 is 1.51 bits per heavy atom. The summed E-state index contributed by atoms with van der Waals surface area (Å²) in [4.78, 5) is 0. The summed E-state index contributed by atoms with van der Waals surface area (Å²) in [7, 11) is 0. The van der Waals surface area contributed by atoms with Crippen molar-refractivity contribution < 1.29 is 8.83 Å². The van der Waals surface area contributed by atoms with Crippen LogP contribution in [0.1, 0.15) is 25.0 Å². The Balaban J connectivity index is 0.988. The van der Waals surface area contributed by atoms with Crippen LogP contribution in [0.3, 0.4) is 0 Å². The predicted molar refractivity (Wildman–Crippen MR) is 247 cm³/mol. The first-order chi connectivity index (χ1) is 29.0. The SMILES string of the molecule is CC1(C)c2ccccc2-c2cc(-c3c4ccccc4c(-c4ccc(-c5cc6oc7ccc8oc9ccccc9c8c7c6c6ccccc56)cc4)c4ccccc34)ccc21. The van der Waals surface area contributed by atoms with Crippen LogP contribution in [0.25, 0.3) is 121 Å². The molecule has 0 spiro atoms. The minimum atomic E-state index is -0.0307. The molecule has 0 saturated carbocycles. The maximum Gasteiger partial charge on any atom is 0.136 e. The van der Waals surface area contributed by atoms with Gasteiger partial charge < -0.3 is 8.83 Å². The van der Waals surface area contributed by atoms with Gasteiger partial charge in [0.05, 0.1) is 0 Å². The molecule has 1 aliphatic carbocycles. The summed E-state index contributed by atoms with van der Waals surface area (Å²) >= 11 is 0. The van der Waals surface area contributed by atoms with E-state index in [0.717, 1.165) is 55.0 Å². The van der Waals surface area contributed by atoms with Gasteiger partial charge in [-0.25, -0.2) is 0 Å². The Morgan fingerprint density at radius 1 is 0.305 bits per heavy atom. The number of furan rings is 2. The third kappa shape index (κ3) is 4.46. The van der Waals surface area contributed by atoms with Gasteiger partial charge in [0.25, 0.3) is 0 Å². The van der Waals surface area contributed by atoms with E-state index >= 15 is 0 Å². The Bertz CT molecular complexity index is 3690. The molecule has 0 fully saturated rings. The van der Waals surface area contributed by atoms with Crippen molar-refractivity contribution in [2.45, 2.75) is 19.3 Å². The molecule has 12 aromatic rings. The first-order valence-corrected chi connectivity index (χ1v) is 20.5. The van der Waals surface area contributed by atoms with Gasteiger partial charge in [-0.05, 0) is 118 Å². The van der Waals surface area contributed by atoms with E-state index in [1.807, 2.05) is 24.3 Å². The van der Waals surface area contributed by atoms with Gasteiger partial charge in [-0.2, -0.15) is 0 Å². The molecule has 0 saturated heterocycles. The number of para-hydroxylation sites is 1. The number of rotatable bonds is 3. The van der Waals surface area contributed by atoms with Crippen molar-refractivity contribution in [1.29, 1.82) is 0 Å². The molecule has 0 amide bonds. The molecule has 0 bridgehead atoms. The van der Waals surface area contributed by atoms with Crippen LogP contribution in [0.2, 0.25) is 0 Å². The van der Waals surface area contributed by atoms with Gasteiger partial charge in [0.15, 0.2) is 0 Å². The van der Waals surface area contributed by atoms with Crippen LogP contribution < -0.4 is 0 Å². The Morgan fingerprint density at radius 2 is 0.797 bits per heavy atom. The fraction of sp³-hybridized carbons (Fsp3) is 0.0526. The molecule has 0 radical (unpaired) electrons. The predicted octanol–water partition coefficient (Wildman–Crippen LogP) is 16.3. The standard InChI is InChI=1S/C57H36O2/c1-57(2)46-21-11-9-14-37(46)45-31-35(27-28-47(45)57)53-41-18-7-5-16-39(41)52(40-17-6-8-19-42(40)53)34-25-23-33(24-26-34)44-32-51-54(38-15-4-3-13-36(38)44)56-50(59-51)30-29-49-55(56)43-20-10-12-22-48(43)58-49/h3-32H,1-2H3. The molecule has 1 aliphatic rings. The summed E-state index contributed by atoms with van der Waals surface area (Å²) < 4.78 is 13.0. The third-order valence-electron chi connectivity index (χ3n) is 13.3. The summed E-state index contributed by atoms with van der Waals surface area (Å²) in [6.07, 6.45) is 0. The summed E-state index contributed by atoms with van der Waals surface area (Å²) in [6.45, 7) is 4.70. The third-order valence-corrected chi connectivity index (χ3v) is 13.3. The lowest BCUT2D eigenvalue weighted by Crippen LogP contribution is -2.14. The molecule has 13 rings (SSSR count). The van der Waals surface area contributed by atoms with Crippen molar-refractivity contribution in [3.8, 4) is 44.5 Å². The van der Waals surface area contributed by atoms with Crippen molar-refractivity contribution in [2.24, 2.45) is 0 Å². The zero-order valence-corrected chi connectivity index (χ0v) is 32.6. The number of hydrogen-bond acceptors (Lipinski definition) is 2. The molecule has 276 valence electrons. The number of benzene rings is 10. The second kappa shape index (κ2) is 11.8. The Kier molecular flexibility index (Phi) is 6.54. The summed E-state index contributed by atoms with van der Waals surface area (Å²) in [5.41, 5.74) is 16.2. The molecular weight excluding hydrogens is 717 g/mol. The highest BCUT2D eigenvalue weighted by Crippen LogP contribution is 2.52. The van der Waals surface area contributed by atoms with E-state index in [1.54, 1.807) is 0 Å². The zero-order chi connectivity index (χ0) is 39.0. The van der Waals surface area contributed by atoms with Crippen LogP contribution in [0.4, 0.5) is 0 Å². The quantitative estimate of drug-likeness (QED) is 0.168. The zero-order valence-electron chi connectivity index (χ0n) is 32.6. The fourth-order valence-electron chi connectivity index (χ4n) is 10.6. The summed E-state index contributed by atoms with van der Waals surface area (Å²) in [5.74, 6) is 0. The molecule has 2 nitrogen and oxygen atoms in total. The van der Waals surface area contributed by atoms with Crippen molar-refractivity contribution in [3.63, 3.8) is 0 Å². The molecular formula is C57H36O2. The lowest BCUT2D eigenvalue weighted by atomic mass is 9.81. The van der Waals surface area contributed by atoms with E-state index in [9.17, 15) is 0 Å². The maximum absolute atomic E-state index is 6.70. The van der Waals surface area contributed by atoms with Gasteiger partial charge in [-0.3, -0.25) is 0 Å². The van der Waals surface area contributed by atoms with E-state index in [0.29, 0.717) is 0 Å². The highest BCUT2D eigenvalue weighted by atomic mass is 16.3. The molecule has 2 aromatic heterocycles. The van der Waals surface area contributed by atoms with Crippen molar-refractivity contribution in [2.75, 3.05) is 0 Å². The Hall–Kier alpha value is -7.42. The van der Waals surface area contributed by atoms with E-state index in [4.69, 9.17) is 8.83 Å². The normalized spacial score (nSPS) is 13.4. The van der Waals surface area contributed by atoms with Crippen molar-refractivity contribution >= 4 is 76.2 Å². The lowest BCUT2D eigenvalue weighted by molar-refractivity contribution is 0.660. The van der Waals surface area contributed by atoms with Crippen LogP contribution in [0.15, 0.2) is 191 Å². The molecule has 0 unspecified atom stereocenters. The van der Waals surface area contributed by atoms with Gasteiger partial charge >= 0.3 is 0 Å². The Labute approximate surface area is 340 Å². The maximum atomic E-state index is 6.70. The molecule has 0 aliphatic heterocycles. The summed E-state index contributed by atoms with van der Waals surface area (Å²) in [5, 5.41) is 11.8. The number of hydrogen-bond donors (Lipinski definition) is 0. The van der Waals surface area contributed by atoms with E-state index in [2.05, 4.69) is 172 Å². The first-order valence-electron chi connectivity index (χ1n) is 20.5. The highest BCUT2D eigenvalue weighted by molar-refractivity contribution is 6.32. The van der Waals surface area contributed by atoms with Crippen LogP contribution in [-0.2, 0) is 5.41 Å². The second-order valence-electron chi connectivity index (χ2n) is 16.7. The van der Waals surface area contributed by atoms with Crippen LogP contribution in [0, 0.1) is 0 Å². The van der Waals surface area contributed by atoms with Crippen LogP contribution >= 0.6 is 0 Å². The van der Waals surface area contributed by atoms with Crippen molar-refractivity contribution in [1.82, 2.24) is 0 Å². The molecule has 2 heterocycles. The second-order valence-corrected chi connectivity index (χ2v) is 16.7. The minimum Gasteiger partial charge on any atom is -0.456 e. The highest BCUT2D eigenvalue weighted by Gasteiger charge is 2.35. The molecule has 2 heteroatoms. The topological polar surface area (TPSA) is 26.3 Å². The van der Waals surface area contributed by atoms with E-state index in [-0.39, 0.29) is 5.41 Å². The van der Waals surface area contributed by atoms with Gasteiger partial charge in [-0.1, -0.05) is 166 Å². The number of fused-ring (bicyclic) bond motifs is 14. The van der Waals surface area contributed by atoms with Gasteiger partial charge in [-0.15, -0.1) is 0 Å². The molecule has 10 aromatic carbocycles. The van der Waals surface area contributed by atoms with Crippen LogP contribution in [-0.4, -0.2) is 0 Å². The van der Waals surface area contributed by atoms with Gasteiger partial charge in [0.1, 0.15) is 22.3 Å².